The third-order valence-corrected chi connectivity index (χ3v) is 5.67. The number of anilines is 1. The van der Waals surface area contributed by atoms with Gasteiger partial charge in [-0.1, -0.05) is 0 Å². The van der Waals surface area contributed by atoms with Gasteiger partial charge in [0.05, 0.1) is 17.0 Å². The highest BCUT2D eigenvalue weighted by molar-refractivity contribution is 6.00. The maximum atomic E-state index is 13.3. The molecule has 3 N–H and O–H groups in total. The Morgan fingerprint density at radius 2 is 2.07 bits per heavy atom. The van der Waals surface area contributed by atoms with Crippen LogP contribution in [0.1, 0.15) is 13.3 Å². The third kappa shape index (κ3) is 3.06. The molecule has 1 fully saturated rings. The molecule has 2 aromatic carbocycles. The van der Waals surface area contributed by atoms with E-state index in [0.29, 0.717) is 25.2 Å². The van der Waals surface area contributed by atoms with Crippen molar-refractivity contribution in [3.63, 3.8) is 0 Å². The van der Waals surface area contributed by atoms with E-state index in [4.69, 9.17) is 0 Å². The lowest BCUT2D eigenvalue weighted by atomic mass is 9.81. The molecule has 0 spiro atoms. The van der Waals surface area contributed by atoms with Gasteiger partial charge in [-0.25, -0.2) is 4.39 Å². The summed E-state index contributed by atoms with van der Waals surface area (Å²) < 4.78 is 15.0. The van der Waals surface area contributed by atoms with Gasteiger partial charge in [0.2, 0.25) is 5.91 Å². The first-order chi connectivity index (χ1) is 13.4. The SMILES string of the molecule is CC(O)C1(C(=O)Nc2ccc3c(c2)c(-c2ccc(F)cc2)nn3C)CCNC1. The van der Waals surface area contributed by atoms with Crippen LogP contribution >= 0.6 is 0 Å². The average Bonchev–Trinajstić information content (AvgIpc) is 3.29. The van der Waals surface area contributed by atoms with Gasteiger partial charge < -0.3 is 15.7 Å². The van der Waals surface area contributed by atoms with Crippen LogP contribution in [0, 0.1) is 11.2 Å². The largest absolute Gasteiger partial charge is 0.392 e. The maximum absolute atomic E-state index is 13.3. The highest BCUT2D eigenvalue weighted by Gasteiger charge is 2.45. The van der Waals surface area contributed by atoms with Gasteiger partial charge in [-0.15, -0.1) is 0 Å². The number of carbonyl (C=O) groups is 1. The Balaban J connectivity index is 1.70. The summed E-state index contributed by atoms with van der Waals surface area (Å²) in [7, 11) is 1.85. The van der Waals surface area contributed by atoms with Crippen LogP contribution in [-0.4, -0.2) is 40.0 Å². The second-order valence-electron chi connectivity index (χ2n) is 7.42. The number of nitrogens with one attached hydrogen (secondary N) is 2. The molecule has 1 amide bonds. The highest BCUT2D eigenvalue weighted by Crippen LogP contribution is 2.33. The Morgan fingerprint density at radius 3 is 2.71 bits per heavy atom. The molecule has 4 rings (SSSR count). The summed E-state index contributed by atoms with van der Waals surface area (Å²) in [5.74, 6) is -0.496. The Bertz CT molecular complexity index is 1020. The van der Waals surface area contributed by atoms with Gasteiger partial charge in [-0.05, 0) is 62.4 Å². The van der Waals surface area contributed by atoms with E-state index in [9.17, 15) is 14.3 Å². The lowest BCUT2D eigenvalue weighted by Gasteiger charge is -2.29. The normalized spacial score (nSPS) is 20.4. The smallest absolute Gasteiger partial charge is 0.234 e. The Morgan fingerprint density at radius 1 is 1.32 bits per heavy atom. The van der Waals surface area contributed by atoms with E-state index in [-0.39, 0.29) is 11.7 Å². The summed E-state index contributed by atoms with van der Waals surface area (Å²) in [5.41, 5.74) is 2.24. The molecule has 2 unspecified atom stereocenters. The van der Waals surface area contributed by atoms with Gasteiger partial charge in [0.1, 0.15) is 11.5 Å². The lowest BCUT2D eigenvalue weighted by Crippen LogP contribution is -2.46. The number of hydrogen-bond donors (Lipinski definition) is 3. The molecular formula is C21H23FN4O2. The van der Waals surface area contributed by atoms with E-state index >= 15 is 0 Å². The Hall–Kier alpha value is -2.77. The highest BCUT2D eigenvalue weighted by atomic mass is 19.1. The topological polar surface area (TPSA) is 79.2 Å². The monoisotopic (exact) mass is 382 g/mol. The molecule has 2 atom stereocenters. The zero-order valence-corrected chi connectivity index (χ0v) is 15.9. The number of halogens is 1. The van der Waals surface area contributed by atoms with Crippen LogP contribution in [0.2, 0.25) is 0 Å². The van der Waals surface area contributed by atoms with Crippen molar-refractivity contribution in [2.24, 2.45) is 12.5 Å². The number of amides is 1. The van der Waals surface area contributed by atoms with Crippen LogP contribution in [0.3, 0.4) is 0 Å². The van der Waals surface area contributed by atoms with Crippen molar-refractivity contribution in [3.05, 3.63) is 48.3 Å². The summed E-state index contributed by atoms with van der Waals surface area (Å²) in [6.45, 7) is 2.81. The molecule has 1 aliphatic heterocycles. The minimum atomic E-state index is -0.830. The molecule has 0 saturated carbocycles. The van der Waals surface area contributed by atoms with Crippen LogP contribution in [0.5, 0.6) is 0 Å². The summed E-state index contributed by atoms with van der Waals surface area (Å²) in [5, 5.41) is 21.7. The van der Waals surface area contributed by atoms with Crippen LogP contribution in [0.25, 0.3) is 22.2 Å². The van der Waals surface area contributed by atoms with Gasteiger partial charge in [-0.3, -0.25) is 9.48 Å². The predicted molar refractivity (Wildman–Crippen MR) is 106 cm³/mol. The number of aromatic nitrogens is 2. The molecule has 28 heavy (non-hydrogen) atoms. The number of aliphatic hydroxyl groups is 1. The van der Waals surface area contributed by atoms with Crippen LogP contribution in [0.4, 0.5) is 10.1 Å². The van der Waals surface area contributed by atoms with Crippen molar-refractivity contribution in [2.45, 2.75) is 19.4 Å². The fraction of sp³-hybridized carbons (Fsp3) is 0.333. The summed E-state index contributed by atoms with van der Waals surface area (Å²) in [6, 6.07) is 11.8. The first kappa shape index (κ1) is 18.6. The van der Waals surface area contributed by atoms with E-state index in [2.05, 4.69) is 15.7 Å². The fourth-order valence-electron chi connectivity index (χ4n) is 3.87. The minimum Gasteiger partial charge on any atom is -0.392 e. The summed E-state index contributed by atoms with van der Waals surface area (Å²) in [4.78, 5) is 12.9. The van der Waals surface area contributed by atoms with Crippen molar-refractivity contribution in [3.8, 4) is 11.3 Å². The van der Waals surface area contributed by atoms with Crippen LogP contribution < -0.4 is 10.6 Å². The second kappa shape index (κ2) is 7.00. The van der Waals surface area contributed by atoms with Crippen LogP contribution in [-0.2, 0) is 11.8 Å². The number of nitrogens with zero attached hydrogens (tertiary/aromatic N) is 2. The molecule has 146 valence electrons. The standard InChI is InChI=1S/C21H23FN4O2/c1-13(27)21(9-10-23-12-21)20(28)24-16-7-8-18-17(11-16)19(25-26(18)2)14-3-5-15(22)6-4-14/h3-8,11,13,23,27H,9-10,12H2,1-2H3,(H,24,28). The number of aliphatic hydroxyl groups excluding tert-OH is 1. The van der Waals surface area contributed by atoms with Crippen molar-refractivity contribution in [1.29, 1.82) is 0 Å². The van der Waals surface area contributed by atoms with E-state index in [0.717, 1.165) is 22.2 Å². The molecular weight excluding hydrogens is 359 g/mol. The number of fused-ring (bicyclic) bond motifs is 1. The van der Waals surface area contributed by atoms with Gasteiger partial charge in [-0.2, -0.15) is 5.10 Å². The second-order valence-corrected chi connectivity index (χ2v) is 7.42. The van der Waals surface area contributed by atoms with Crippen molar-refractivity contribution in [1.82, 2.24) is 15.1 Å². The Kier molecular flexibility index (Phi) is 4.64. The van der Waals surface area contributed by atoms with Crippen molar-refractivity contribution >= 4 is 22.5 Å². The molecule has 0 aliphatic carbocycles. The van der Waals surface area contributed by atoms with Crippen molar-refractivity contribution < 1.29 is 14.3 Å². The molecule has 6 nitrogen and oxygen atoms in total. The molecule has 1 saturated heterocycles. The first-order valence-electron chi connectivity index (χ1n) is 9.34. The summed E-state index contributed by atoms with van der Waals surface area (Å²) in [6.07, 6.45) is -0.161. The van der Waals surface area contributed by atoms with E-state index < -0.39 is 11.5 Å². The fourth-order valence-corrected chi connectivity index (χ4v) is 3.87. The predicted octanol–water partition coefficient (Wildman–Crippen LogP) is 2.68. The van der Waals surface area contributed by atoms with Gasteiger partial charge in [0, 0.05) is 30.2 Å². The summed E-state index contributed by atoms with van der Waals surface area (Å²) >= 11 is 0. The van der Waals surface area contributed by atoms with E-state index in [1.54, 1.807) is 23.7 Å². The van der Waals surface area contributed by atoms with Crippen LogP contribution in [0.15, 0.2) is 42.5 Å². The molecule has 0 radical (unpaired) electrons. The zero-order valence-electron chi connectivity index (χ0n) is 15.9. The number of benzene rings is 2. The van der Waals surface area contributed by atoms with E-state index in [1.165, 1.54) is 12.1 Å². The van der Waals surface area contributed by atoms with E-state index in [1.807, 2.05) is 25.2 Å². The first-order valence-corrected chi connectivity index (χ1v) is 9.34. The Labute approximate surface area is 162 Å². The number of rotatable bonds is 4. The quantitative estimate of drug-likeness (QED) is 0.648. The third-order valence-electron chi connectivity index (χ3n) is 5.67. The molecule has 1 aromatic heterocycles. The molecule has 1 aliphatic rings. The number of aryl methyl sites for hydroxylation is 1. The molecule has 7 heteroatoms. The maximum Gasteiger partial charge on any atom is 0.234 e. The average molecular weight is 382 g/mol. The van der Waals surface area contributed by atoms with Gasteiger partial charge >= 0.3 is 0 Å². The zero-order chi connectivity index (χ0) is 19.9. The van der Waals surface area contributed by atoms with Gasteiger partial charge in [0.25, 0.3) is 0 Å². The number of hydrogen-bond acceptors (Lipinski definition) is 4. The lowest BCUT2D eigenvalue weighted by molar-refractivity contribution is -0.130. The minimum absolute atomic E-state index is 0.195. The van der Waals surface area contributed by atoms with Crippen molar-refractivity contribution in [2.75, 3.05) is 18.4 Å². The molecule has 0 bridgehead atoms. The molecule has 2 heterocycles. The van der Waals surface area contributed by atoms with Gasteiger partial charge in [0.15, 0.2) is 0 Å². The number of carbonyl (C=O) groups excluding carboxylic acids is 1. The molecule has 3 aromatic rings.